The molecule has 0 fully saturated rings. The predicted octanol–water partition coefficient (Wildman–Crippen LogP) is 1.41. The Hall–Kier alpha value is -1.81. The highest BCUT2D eigenvalue weighted by Gasteiger charge is 2.20. The van der Waals surface area contributed by atoms with Gasteiger partial charge < -0.3 is 11.1 Å². The Kier molecular flexibility index (Phi) is 2.37. The van der Waals surface area contributed by atoms with Crippen molar-refractivity contribution in [3.05, 3.63) is 41.1 Å². The number of anilines is 1. The number of aryl methyl sites for hydroxylation is 1. The standard InChI is InChI=1S/C13H16N4/c1-9-4-2-3-5-11(9)17-12-6-7-15-8-10(12)13(14)16-17/h2-5,15H,6-8H2,1H3,(H2,14,16). The summed E-state index contributed by atoms with van der Waals surface area (Å²) in [5.74, 6) is 0.649. The van der Waals surface area contributed by atoms with Crippen LogP contribution in [0, 0.1) is 6.92 Å². The van der Waals surface area contributed by atoms with Crippen molar-refractivity contribution in [2.24, 2.45) is 0 Å². The highest BCUT2D eigenvalue weighted by Crippen LogP contribution is 2.24. The summed E-state index contributed by atoms with van der Waals surface area (Å²) in [5.41, 5.74) is 10.7. The molecule has 1 aromatic heterocycles. The molecule has 1 aromatic carbocycles. The Bertz CT molecular complexity index is 557. The molecule has 88 valence electrons. The molecule has 3 N–H and O–H groups in total. The van der Waals surface area contributed by atoms with E-state index in [0.29, 0.717) is 5.82 Å². The summed E-state index contributed by atoms with van der Waals surface area (Å²) in [7, 11) is 0. The second kappa shape index (κ2) is 3.89. The van der Waals surface area contributed by atoms with Crippen LogP contribution in [-0.2, 0) is 13.0 Å². The molecule has 0 aliphatic carbocycles. The van der Waals surface area contributed by atoms with E-state index in [1.165, 1.54) is 11.3 Å². The van der Waals surface area contributed by atoms with Crippen LogP contribution in [-0.4, -0.2) is 16.3 Å². The molecule has 0 radical (unpaired) electrons. The molecule has 0 amide bonds. The smallest absolute Gasteiger partial charge is 0.150 e. The van der Waals surface area contributed by atoms with Crippen molar-refractivity contribution in [3.8, 4) is 5.69 Å². The van der Waals surface area contributed by atoms with Gasteiger partial charge in [0, 0.05) is 25.1 Å². The SMILES string of the molecule is Cc1ccccc1-n1nc(N)c2c1CCNC2. The maximum atomic E-state index is 5.98. The molecule has 0 atom stereocenters. The molecule has 0 saturated heterocycles. The van der Waals surface area contributed by atoms with Crippen molar-refractivity contribution < 1.29 is 0 Å². The normalized spacial score (nSPS) is 14.6. The maximum absolute atomic E-state index is 5.98. The average molecular weight is 228 g/mol. The maximum Gasteiger partial charge on any atom is 0.150 e. The fraction of sp³-hybridized carbons (Fsp3) is 0.308. The number of aromatic nitrogens is 2. The zero-order valence-electron chi connectivity index (χ0n) is 9.90. The topological polar surface area (TPSA) is 55.9 Å². The van der Waals surface area contributed by atoms with Crippen LogP contribution in [0.5, 0.6) is 0 Å². The summed E-state index contributed by atoms with van der Waals surface area (Å²) in [6.07, 6.45) is 0.980. The van der Waals surface area contributed by atoms with Crippen molar-refractivity contribution in [1.29, 1.82) is 0 Å². The van der Waals surface area contributed by atoms with Crippen LogP contribution in [0.25, 0.3) is 5.69 Å². The van der Waals surface area contributed by atoms with Crippen LogP contribution >= 0.6 is 0 Å². The lowest BCUT2D eigenvalue weighted by Gasteiger charge is -2.16. The fourth-order valence-electron chi connectivity index (χ4n) is 2.37. The number of benzene rings is 1. The summed E-state index contributed by atoms with van der Waals surface area (Å²) in [6.45, 7) is 3.91. The van der Waals surface area contributed by atoms with Gasteiger partial charge in [-0.2, -0.15) is 5.10 Å². The van der Waals surface area contributed by atoms with Crippen LogP contribution in [0.3, 0.4) is 0 Å². The molecule has 0 spiro atoms. The molecule has 4 heteroatoms. The van der Waals surface area contributed by atoms with Crippen LogP contribution in [0.1, 0.15) is 16.8 Å². The first-order valence-corrected chi connectivity index (χ1v) is 5.90. The number of nitrogens with two attached hydrogens (primary N) is 1. The lowest BCUT2D eigenvalue weighted by atomic mass is 10.1. The van der Waals surface area contributed by atoms with Crippen molar-refractivity contribution in [3.63, 3.8) is 0 Å². The van der Waals surface area contributed by atoms with E-state index in [1.807, 2.05) is 16.8 Å². The lowest BCUT2D eigenvalue weighted by molar-refractivity contribution is 0.622. The van der Waals surface area contributed by atoms with Crippen LogP contribution in [0.15, 0.2) is 24.3 Å². The van der Waals surface area contributed by atoms with E-state index in [-0.39, 0.29) is 0 Å². The van der Waals surface area contributed by atoms with E-state index in [4.69, 9.17) is 5.73 Å². The Morgan fingerprint density at radius 3 is 3.00 bits per heavy atom. The van der Waals surface area contributed by atoms with Gasteiger partial charge in [-0.25, -0.2) is 4.68 Å². The van der Waals surface area contributed by atoms with E-state index in [2.05, 4.69) is 29.5 Å². The fourth-order valence-corrected chi connectivity index (χ4v) is 2.37. The molecule has 17 heavy (non-hydrogen) atoms. The summed E-state index contributed by atoms with van der Waals surface area (Å²) >= 11 is 0. The van der Waals surface area contributed by atoms with Gasteiger partial charge in [0.2, 0.25) is 0 Å². The monoisotopic (exact) mass is 228 g/mol. The zero-order valence-corrected chi connectivity index (χ0v) is 9.90. The second-order valence-electron chi connectivity index (χ2n) is 4.44. The molecular formula is C13H16N4. The van der Waals surface area contributed by atoms with Gasteiger partial charge in [-0.3, -0.25) is 0 Å². The van der Waals surface area contributed by atoms with E-state index < -0.39 is 0 Å². The summed E-state index contributed by atoms with van der Waals surface area (Å²) in [5, 5.41) is 7.81. The van der Waals surface area contributed by atoms with Gasteiger partial charge in [0.1, 0.15) is 0 Å². The minimum atomic E-state index is 0.649. The quantitative estimate of drug-likeness (QED) is 0.776. The molecule has 0 unspecified atom stereocenters. The second-order valence-corrected chi connectivity index (χ2v) is 4.44. The first-order chi connectivity index (χ1) is 8.27. The van der Waals surface area contributed by atoms with Gasteiger partial charge >= 0.3 is 0 Å². The minimum absolute atomic E-state index is 0.649. The number of nitrogen functional groups attached to an aromatic ring is 1. The average Bonchev–Trinajstić information content (AvgIpc) is 2.68. The number of rotatable bonds is 1. The lowest BCUT2D eigenvalue weighted by Crippen LogP contribution is -2.24. The van der Waals surface area contributed by atoms with E-state index in [0.717, 1.165) is 30.8 Å². The Morgan fingerprint density at radius 2 is 2.18 bits per heavy atom. The van der Waals surface area contributed by atoms with Gasteiger partial charge in [-0.15, -0.1) is 0 Å². The molecule has 2 aromatic rings. The first kappa shape index (κ1) is 10.4. The number of fused-ring (bicyclic) bond motifs is 1. The molecular weight excluding hydrogens is 212 g/mol. The van der Waals surface area contributed by atoms with Crippen LogP contribution < -0.4 is 11.1 Å². The Morgan fingerprint density at radius 1 is 1.35 bits per heavy atom. The molecule has 4 nitrogen and oxygen atoms in total. The van der Waals surface area contributed by atoms with Gasteiger partial charge in [0.05, 0.1) is 11.4 Å². The largest absolute Gasteiger partial charge is 0.382 e. The van der Waals surface area contributed by atoms with Crippen LogP contribution in [0.2, 0.25) is 0 Å². The third-order valence-corrected chi connectivity index (χ3v) is 3.30. The summed E-state index contributed by atoms with van der Waals surface area (Å²) < 4.78 is 2.00. The number of hydrogen-bond acceptors (Lipinski definition) is 3. The number of nitrogens with zero attached hydrogens (tertiary/aromatic N) is 2. The van der Waals surface area contributed by atoms with E-state index in [9.17, 15) is 0 Å². The summed E-state index contributed by atoms with van der Waals surface area (Å²) in [6, 6.07) is 8.26. The minimum Gasteiger partial charge on any atom is -0.382 e. The molecule has 1 aliphatic rings. The van der Waals surface area contributed by atoms with E-state index >= 15 is 0 Å². The Labute approximate surface area is 100 Å². The van der Waals surface area contributed by atoms with Gasteiger partial charge in [-0.1, -0.05) is 18.2 Å². The number of para-hydroxylation sites is 1. The molecule has 0 bridgehead atoms. The van der Waals surface area contributed by atoms with Crippen molar-refractivity contribution >= 4 is 5.82 Å². The molecule has 1 aliphatic heterocycles. The van der Waals surface area contributed by atoms with Gasteiger partial charge in [0.25, 0.3) is 0 Å². The van der Waals surface area contributed by atoms with Gasteiger partial charge in [0.15, 0.2) is 5.82 Å². The summed E-state index contributed by atoms with van der Waals surface area (Å²) in [4.78, 5) is 0. The highest BCUT2D eigenvalue weighted by atomic mass is 15.3. The zero-order chi connectivity index (χ0) is 11.8. The van der Waals surface area contributed by atoms with Crippen molar-refractivity contribution in [1.82, 2.24) is 15.1 Å². The Balaban J connectivity index is 2.19. The third kappa shape index (κ3) is 1.61. The number of hydrogen-bond donors (Lipinski definition) is 2. The highest BCUT2D eigenvalue weighted by molar-refractivity contribution is 5.50. The van der Waals surface area contributed by atoms with Crippen molar-refractivity contribution in [2.45, 2.75) is 19.9 Å². The predicted molar refractivity (Wildman–Crippen MR) is 68.1 cm³/mol. The molecule has 3 rings (SSSR count). The van der Waals surface area contributed by atoms with Gasteiger partial charge in [-0.05, 0) is 18.6 Å². The third-order valence-electron chi connectivity index (χ3n) is 3.30. The first-order valence-electron chi connectivity index (χ1n) is 5.90. The number of nitrogens with one attached hydrogen (secondary N) is 1. The van der Waals surface area contributed by atoms with Crippen molar-refractivity contribution in [2.75, 3.05) is 12.3 Å². The van der Waals surface area contributed by atoms with Crippen LogP contribution in [0.4, 0.5) is 5.82 Å². The molecule has 2 heterocycles. The molecule has 0 saturated carbocycles. The van der Waals surface area contributed by atoms with E-state index in [1.54, 1.807) is 0 Å².